The lowest BCUT2D eigenvalue weighted by atomic mass is 9.71. The topological polar surface area (TPSA) is 9.23 Å². The number of hydrogen-bond donors (Lipinski definition) is 0. The molecule has 0 amide bonds. The molecule has 2 aliphatic rings. The molecule has 2 aromatic rings. The molecule has 0 saturated heterocycles. The van der Waals surface area contributed by atoms with Crippen LogP contribution in [0.2, 0.25) is 0 Å². The number of halogens is 7. The summed E-state index contributed by atoms with van der Waals surface area (Å²) in [4.78, 5) is 0. The zero-order valence-corrected chi connectivity index (χ0v) is 19.9. The molecule has 1 fully saturated rings. The first-order chi connectivity index (χ1) is 17.6. The van der Waals surface area contributed by atoms with Crippen LogP contribution in [0.1, 0.15) is 56.1 Å². The van der Waals surface area contributed by atoms with Gasteiger partial charge in [-0.2, -0.15) is 8.78 Å². The summed E-state index contributed by atoms with van der Waals surface area (Å²) in [6, 6.07) is 2.31. The third-order valence-corrected chi connectivity index (χ3v) is 7.25. The molecule has 0 N–H and O–H groups in total. The van der Waals surface area contributed by atoms with Crippen molar-refractivity contribution in [3.05, 3.63) is 88.8 Å². The zero-order valence-electron chi connectivity index (χ0n) is 19.9. The minimum Gasteiger partial charge on any atom is -0.432 e. The maximum absolute atomic E-state index is 14.9. The van der Waals surface area contributed by atoms with E-state index in [9.17, 15) is 30.7 Å². The Bertz CT molecular complexity index is 1220. The van der Waals surface area contributed by atoms with Crippen LogP contribution < -0.4 is 4.74 Å². The van der Waals surface area contributed by atoms with Crippen molar-refractivity contribution in [2.75, 3.05) is 0 Å². The van der Waals surface area contributed by atoms with Gasteiger partial charge in [0.15, 0.2) is 17.5 Å². The number of rotatable bonds is 5. The molecule has 37 heavy (non-hydrogen) atoms. The summed E-state index contributed by atoms with van der Waals surface area (Å²) in [5.41, 5.74) is 0.0603. The predicted octanol–water partition coefficient (Wildman–Crippen LogP) is 8.47. The fraction of sp³-hybridized carbons (Fsp3) is 0.379. The molecule has 0 bridgehead atoms. The summed E-state index contributed by atoms with van der Waals surface area (Å²) < 4.78 is 103. The highest BCUT2D eigenvalue weighted by atomic mass is 19.3. The van der Waals surface area contributed by atoms with Crippen LogP contribution in [-0.2, 0) is 0 Å². The van der Waals surface area contributed by atoms with Gasteiger partial charge in [0, 0.05) is 17.7 Å². The maximum atomic E-state index is 14.9. The van der Waals surface area contributed by atoms with E-state index in [0.29, 0.717) is 48.9 Å². The van der Waals surface area contributed by atoms with Gasteiger partial charge < -0.3 is 4.74 Å². The van der Waals surface area contributed by atoms with Gasteiger partial charge in [-0.1, -0.05) is 36.1 Å². The molecule has 0 aliphatic heterocycles. The number of ether oxygens (including phenoxy) is 1. The summed E-state index contributed by atoms with van der Waals surface area (Å²) in [5.74, 6) is -4.07. The SMILES string of the molecule is C=CC1=CCC(C2CCC(C(F)(F)Oc3cc(F)c(C#Cc4cc(F)c(F)c(F)c4)c(F)c3)CC2)CC1. The number of alkyl halides is 2. The zero-order chi connectivity index (χ0) is 26.7. The molecular weight excluding hydrogens is 497 g/mol. The van der Waals surface area contributed by atoms with Crippen LogP contribution in [0, 0.1) is 58.7 Å². The molecular formula is C29H25F7O. The molecule has 0 heterocycles. The molecule has 2 aliphatic carbocycles. The minimum atomic E-state index is -3.62. The van der Waals surface area contributed by atoms with E-state index in [1.54, 1.807) is 0 Å². The monoisotopic (exact) mass is 522 g/mol. The van der Waals surface area contributed by atoms with Crippen molar-refractivity contribution in [1.82, 2.24) is 0 Å². The van der Waals surface area contributed by atoms with Crippen molar-refractivity contribution in [2.45, 2.75) is 51.1 Å². The van der Waals surface area contributed by atoms with E-state index in [4.69, 9.17) is 4.74 Å². The quantitative estimate of drug-likeness (QED) is 0.217. The Hall–Kier alpha value is -3.21. The second-order valence-electron chi connectivity index (χ2n) is 9.56. The van der Waals surface area contributed by atoms with Crippen LogP contribution in [0.4, 0.5) is 30.7 Å². The van der Waals surface area contributed by atoms with Gasteiger partial charge in [-0.05, 0) is 68.9 Å². The summed E-state index contributed by atoms with van der Waals surface area (Å²) in [5, 5.41) is 0. The Balaban J connectivity index is 1.41. The fourth-order valence-electron chi connectivity index (χ4n) is 5.15. The van der Waals surface area contributed by atoms with Crippen LogP contribution in [0.5, 0.6) is 5.75 Å². The van der Waals surface area contributed by atoms with E-state index in [2.05, 4.69) is 24.5 Å². The standard InChI is InChI=1S/C29H25F7O/c1-2-17-3-6-19(7-4-17)20-8-10-21(11-9-20)29(35,36)37-22-15-24(30)23(25(31)16-22)12-5-18-13-26(32)28(34)27(33)14-18/h2-3,13-16,19-21H,1,4,6-11H2. The summed E-state index contributed by atoms with van der Waals surface area (Å²) >= 11 is 0. The Morgan fingerprint density at radius 3 is 1.97 bits per heavy atom. The molecule has 8 heteroatoms. The van der Waals surface area contributed by atoms with Crippen LogP contribution in [-0.4, -0.2) is 6.11 Å². The summed E-state index contributed by atoms with van der Waals surface area (Å²) in [7, 11) is 0. The van der Waals surface area contributed by atoms with Crippen LogP contribution in [0.25, 0.3) is 0 Å². The third-order valence-electron chi connectivity index (χ3n) is 7.25. The normalized spacial score (nSPS) is 22.0. The van der Waals surface area contributed by atoms with Crippen molar-refractivity contribution in [2.24, 2.45) is 17.8 Å². The van der Waals surface area contributed by atoms with E-state index >= 15 is 0 Å². The van der Waals surface area contributed by atoms with Gasteiger partial charge in [-0.3, -0.25) is 0 Å². The summed E-state index contributed by atoms with van der Waals surface area (Å²) in [6.07, 6.45) is 5.02. The van der Waals surface area contributed by atoms with Crippen molar-refractivity contribution in [3.63, 3.8) is 0 Å². The molecule has 1 atom stereocenters. The Morgan fingerprint density at radius 1 is 0.811 bits per heavy atom. The highest BCUT2D eigenvalue weighted by Crippen LogP contribution is 2.44. The average molecular weight is 523 g/mol. The van der Waals surface area contributed by atoms with Crippen LogP contribution in [0.3, 0.4) is 0 Å². The van der Waals surface area contributed by atoms with Crippen LogP contribution in [0.15, 0.2) is 48.6 Å². The van der Waals surface area contributed by atoms with Gasteiger partial charge >= 0.3 is 6.11 Å². The van der Waals surface area contributed by atoms with E-state index < -0.39 is 52.4 Å². The van der Waals surface area contributed by atoms with E-state index in [1.807, 2.05) is 6.08 Å². The highest BCUT2D eigenvalue weighted by molar-refractivity contribution is 5.46. The van der Waals surface area contributed by atoms with Crippen LogP contribution >= 0.6 is 0 Å². The second kappa shape index (κ2) is 11.0. The van der Waals surface area contributed by atoms with E-state index in [-0.39, 0.29) is 18.4 Å². The first kappa shape index (κ1) is 26.8. The van der Waals surface area contributed by atoms with Gasteiger partial charge in [-0.25, -0.2) is 22.0 Å². The number of hydrogen-bond acceptors (Lipinski definition) is 1. The molecule has 1 nitrogen and oxygen atoms in total. The smallest absolute Gasteiger partial charge is 0.400 e. The predicted molar refractivity (Wildman–Crippen MR) is 125 cm³/mol. The minimum absolute atomic E-state index is 0.242. The Morgan fingerprint density at radius 2 is 1.43 bits per heavy atom. The Labute approximate surface area is 211 Å². The van der Waals surface area contributed by atoms with E-state index in [0.717, 1.165) is 19.3 Å². The fourth-order valence-corrected chi connectivity index (χ4v) is 5.15. The molecule has 2 aromatic carbocycles. The van der Waals surface area contributed by atoms with Gasteiger partial charge in [0.05, 0.1) is 11.5 Å². The number of benzene rings is 2. The number of allylic oxidation sites excluding steroid dienone is 3. The molecule has 1 unspecified atom stereocenters. The molecule has 1 saturated carbocycles. The molecule has 0 radical (unpaired) electrons. The molecule has 4 rings (SSSR count). The van der Waals surface area contributed by atoms with Gasteiger partial charge in [-0.15, -0.1) is 0 Å². The molecule has 196 valence electrons. The summed E-state index contributed by atoms with van der Waals surface area (Å²) in [6.45, 7) is 3.78. The molecule has 0 spiro atoms. The van der Waals surface area contributed by atoms with Gasteiger partial charge in [0.25, 0.3) is 0 Å². The first-order valence-corrected chi connectivity index (χ1v) is 12.1. The lowest BCUT2D eigenvalue weighted by Crippen LogP contribution is -2.38. The Kier molecular flexibility index (Phi) is 8.01. The van der Waals surface area contributed by atoms with Crippen molar-refractivity contribution in [3.8, 4) is 17.6 Å². The third kappa shape index (κ3) is 6.20. The lowest BCUT2D eigenvalue weighted by molar-refractivity contribution is -0.224. The van der Waals surface area contributed by atoms with E-state index in [1.165, 1.54) is 5.57 Å². The van der Waals surface area contributed by atoms with Gasteiger partial charge in [0.2, 0.25) is 0 Å². The largest absolute Gasteiger partial charge is 0.432 e. The second-order valence-corrected chi connectivity index (χ2v) is 9.56. The highest BCUT2D eigenvalue weighted by Gasteiger charge is 2.45. The average Bonchev–Trinajstić information content (AvgIpc) is 2.86. The molecule has 0 aromatic heterocycles. The van der Waals surface area contributed by atoms with Crippen molar-refractivity contribution >= 4 is 0 Å². The van der Waals surface area contributed by atoms with Gasteiger partial charge in [0.1, 0.15) is 17.4 Å². The van der Waals surface area contributed by atoms with Crippen molar-refractivity contribution < 1.29 is 35.5 Å². The van der Waals surface area contributed by atoms with Crippen molar-refractivity contribution in [1.29, 1.82) is 0 Å². The first-order valence-electron chi connectivity index (χ1n) is 12.1. The maximum Gasteiger partial charge on any atom is 0.400 e. The lowest BCUT2D eigenvalue weighted by Gasteiger charge is -2.37.